The second kappa shape index (κ2) is 8.79. The van der Waals surface area contributed by atoms with Gasteiger partial charge < -0.3 is 14.7 Å². The van der Waals surface area contributed by atoms with Gasteiger partial charge in [-0.15, -0.1) is 0 Å². The Morgan fingerprint density at radius 3 is 2.39 bits per heavy atom. The maximum absolute atomic E-state index is 13.5. The van der Waals surface area contributed by atoms with Crippen molar-refractivity contribution in [1.29, 1.82) is 0 Å². The van der Waals surface area contributed by atoms with Crippen molar-refractivity contribution in [2.24, 2.45) is 0 Å². The highest BCUT2D eigenvalue weighted by Gasteiger charge is 2.31. The van der Waals surface area contributed by atoms with Crippen LogP contribution in [0.1, 0.15) is 5.56 Å². The second-order valence-electron chi connectivity index (χ2n) is 6.73. The van der Waals surface area contributed by atoms with E-state index in [1.165, 1.54) is 18.2 Å². The minimum absolute atomic E-state index is 0.0330. The van der Waals surface area contributed by atoms with Gasteiger partial charge in [-0.2, -0.15) is 13.2 Å². The lowest BCUT2D eigenvalue weighted by atomic mass is 10.1. The van der Waals surface area contributed by atoms with E-state index in [9.17, 15) is 22.7 Å². The van der Waals surface area contributed by atoms with Gasteiger partial charge in [0.25, 0.3) is 0 Å². The van der Waals surface area contributed by atoms with Gasteiger partial charge in [0.2, 0.25) is 0 Å². The lowest BCUT2D eigenvalue weighted by Crippen LogP contribution is -2.49. The molecule has 1 fully saturated rings. The van der Waals surface area contributed by atoms with Crippen LogP contribution < -0.4 is 9.64 Å². The first-order valence-corrected chi connectivity index (χ1v) is 9.03. The quantitative estimate of drug-likeness (QED) is 0.757. The highest BCUT2D eigenvalue weighted by Crippen LogP contribution is 2.31. The Labute approximate surface area is 160 Å². The number of para-hydroxylation sites is 1. The number of rotatable bonds is 6. The molecular formula is C20H22F4N2O2. The lowest BCUT2D eigenvalue weighted by molar-refractivity contribution is -0.137. The summed E-state index contributed by atoms with van der Waals surface area (Å²) < 4.78 is 57.4. The average molecular weight is 398 g/mol. The van der Waals surface area contributed by atoms with Crippen molar-refractivity contribution in [3.8, 4) is 5.75 Å². The summed E-state index contributed by atoms with van der Waals surface area (Å²) in [6.45, 7) is 2.64. The van der Waals surface area contributed by atoms with Crippen LogP contribution in [0.3, 0.4) is 0 Å². The number of aliphatic hydroxyl groups excluding tert-OH is 1. The van der Waals surface area contributed by atoms with Gasteiger partial charge >= 0.3 is 6.18 Å². The molecule has 1 saturated heterocycles. The molecule has 1 heterocycles. The van der Waals surface area contributed by atoms with Crippen LogP contribution in [0, 0.1) is 5.82 Å². The standard InChI is InChI=1S/C20H22F4N2O2/c21-18-6-1-2-7-19(18)28-14-17(27)13-25-8-10-26(11-9-25)16-5-3-4-15(12-16)20(22,23)24/h1-7,12,17,27H,8-11,13-14H2. The summed E-state index contributed by atoms with van der Waals surface area (Å²) in [7, 11) is 0. The molecule has 0 spiro atoms. The molecule has 2 aromatic carbocycles. The topological polar surface area (TPSA) is 35.9 Å². The fourth-order valence-corrected chi connectivity index (χ4v) is 3.17. The predicted molar refractivity (Wildman–Crippen MR) is 98.0 cm³/mol. The molecule has 8 heteroatoms. The van der Waals surface area contributed by atoms with Gasteiger partial charge in [0.1, 0.15) is 12.7 Å². The maximum atomic E-state index is 13.5. The lowest BCUT2D eigenvalue weighted by Gasteiger charge is -2.37. The maximum Gasteiger partial charge on any atom is 0.416 e. The summed E-state index contributed by atoms with van der Waals surface area (Å²) in [5, 5.41) is 10.1. The van der Waals surface area contributed by atoms with E-state index < -0.39 is 23.7 Å². The smallest absolute Gasteiger partial charge is 0.416 e. The zero-order chi connectivity index (χ0) is 20.1. The summed E-state index contributed by atoms with van der Waals surface area (Å²) in [6, 6.07) is 11.3. The summed E-state index contributed by atoms with van der Waals surface area (Å²) >= 11 is 0. The van der Waals surface area contributed by atoms with Gasteiger partial charge in [-0.1, -0.05) is 18.2 Å². The largest absolute Gasteiger partial charge is 0.488 e. The highest BCUT2D eigenvalue weighted by atomic mass is 19.4. The summed E-state index contributed by atoms with van der Waals surface area (Å²) in [5.74, 6) is -0.389. The third-order valence-electron chi connectivity index (χ3n) is 4.65. The minimum atomic E-state index is -4.36. The van der Waals surface area contributed by atoms with E-state index in [-0.39, 0.29) is 12.4 Å². The van der Waals surface area contributed by atoms with Crippen LogP contribution in [0.2, 0.25) is 0 Å². The number of hydrogen-bond donors (Lipinski definition) is 1. The van der Waals surface area contributed by atoms with Crippen LogP contribution in [-0.4, -0.2) is 55.4 Å². The summed E-state index contributed by atoms with van der Waals surface area (Å²) in [6.07, 6.45) is -5.15. The van der Waals surface area contributed by atoms with Crippen molar-refractivity contribution >= 4 is 5.69 Å². The molecule has 1 aliphatic heterocycles. The van der Waals surface area contributed by atoms with Crippen LogP contribution in [-0.2, 0) is 6.18 Å². The van der Waals surface area contributed by atoms with E-state index >= 15 is 0 Å². The van der Waals surface area contributed by atoms with E-state index in [1.807, 2.05) is 9.80 Å². The molecule has 1 aliphatic rings. The van der Waals surface area contributed by atoms with Crippen LogP contribution in [0.25, 0.3) is 0 Å². The molecule has 0 aliphatic carbocycles. The van der Waals surface area contributed by atoms with Gasteiger partial charge in [-0.25, -0.2) is 4.39 Å². The third kappa shape index (κ3) is 5.36. The fraction of sp³-hybridized carbons (Fsp3) is 0.400. The molecule has 2 aromatic rings. The first-order valence-electron chi connectivity index (χ1n) is 9.03. The molecule has 1 atom stereocenters. The van der Waals surface area contributed by atoms with Gasteiger partial charge in [0.15, 0.2) is 11.6 Å². The van der Waals surface area contributed by atoms with E-state index in [2.05, 4.69) is 0 Å². The van der Waals surface area contributed by atoms with Crippen LogP contribution in [0.15, 0.2) is 48.5 Å². The third-order valence-corrected chi connectivity index (χ3v) is 4.65. The van der Waals surface area contributed by atoms with Crippen molar-refractivity contribution < 1.29 is 27.4 Å². The first-order chi connectivity index (χ1) is 13.3. The number of β-amino-alcohol motifs (C(OH)–C–C–N with tert-alkyl or cyclic N) is 1. The number of halogens is 4. The van der Waals surface area contributed by atoms with Crippen molar-refractivity contribution in [3.05, 3.63) is 59.9 Å². The van der Waals surface area contributed by atoms with Gasteiger partial charge in [0, 0.05) is 38.4 Å². The van der Waals surface area contributed by atoms with Gasteiger partial charge in [-0.05, 0) is 30.3 Å². The van der Waals surface area contributed by atoms with E-state index in [4.69, 9.17) is 4.74 Å². The summed E-state index contributed by atoms with van der Waals surface area (Å²) in [4.78, 5) is 3.91. The predicted octanol–water partition coefficient (Wildman–Crippen LogP) is 3.41. The minimum Gasteiger partial charge on any atom is -0.488 e. The van der Waals surface area contributed by atoms with Gasteiger partial charge in [0.05, 0.1) is 5.56 Å². The van der Waals surface area contributed by atoms with E-state index in [0.29, 0.717) is 38.4 Å². The number of ether oxygens (including phenoxy) is 1. The number of aliphatic hydroxyl groups is 1. The SMILES string of the molecule is OC(COc1ccccc1F)CN1CCN(c2cccc(C(F)(F)F)c2)CC1. The number of anilines is 1. The molecule has 152 valence electrons. The molecule has 1 N–H and O–H groups in total. The fourth-order valence-electron chi connectivity index (χ4n) is 3.17. The van der Waals surface area contributed by atoms with Crippen LogP contribution >= 0.6 is 0 Å². The number of hydrogen-bond acceptors (Lipinski definition) is 4. The zero-order valence-electron chi connectivity index (χ0n) is 15.2. The van der Waals surface area contributed by atoms with Crippen molar-refractivity contribution in [1.82, 2.24) is 4.90 Å². The summed E-state index contributed by atoms with van der Waals surface area (Å²) in [5.41, 5.74) is -0.119. The zero-order valence-corrected chi connectivity index (χ0v) is 15.2. The molecule has 4 nitrogen and oxygen atoms in total. The first kappa shape index (κ1) is 20.4. The van der Waals surface area contributed by atoms with Gasteiger partial charge in [-0.3, -0.25) is 4.90 Å². The monoisotopic (exact) mass is 398 g/mol. The Morgan fingerprint density at radius 1 is 1.00 bits per heavy atom. The van der Waals surface area contributed by atoms with E-state index in [1.54, 1.807) is 18.2 Å². The Kier molecular flexibility index (Phi) is 6.41. The molecule has 0 saturated carbocycles. The Morgan fingerprint density at radius 2 is 1.71 bits per heavy atom. The van der Waals surface area contributed by atoms with Crippen LogP contribution in [0.5, 0.6) is 5.75 Å². The highest BCUT2D eigenvalue weighted by molar-refractivity contribution is 5.49. The van der Waals surface area contributed by atoms with Crippen molar-refractivity contribution in [3.63, 3.8) is 0 Å². The van der Waals surface area contributed by atoms with Crippen LogP contribution in [0.4, 0.5) is 23.2 Å². The molecule has 28 heavy (non-hydrogen) atoms. The number of nitrogens with zero attached hydrogens (tertiary/aromatic N) is 2. The number of alkyl halides is 3. The van der Waals surface area contributed by atoms with Crippen molar-refractivity contribution in [2.75, 3.05) is 44.2 Å². The number of benzene rings is 2. The van der Waals surface area contributed by atoms with Crippen molar-refractivity contribution in [2.45, 2.75) is 12.3 Å². The van der Waals surface area contributed by atoms with E-state index in [0.717, 1.165) is 12.1 Å². The molecule has 1 unspecified atom stereocenters. The average Bonchev–Trinajstić information content (AvgIpc) is 2.67. The molecule has 0 bridgehead atoms. The Hall–Kier alpha value is -2.32. The molecule has 3 rings (SSSR count). The normalized spacial score (nSPS) is 16.8. The molecule has 0 amide bonds. The number of piperazine rings is 1. The Balaban J connectivity index is 1.47. The second-order valence-corrected chi connectivity index (χ2v) is 6.73. The molecule has 0 aromatic heterocycles. The molecule has 0 radical (unpaired) electrons. The molecular weight excluding hydrogens is 376 g/mol. The Bertz CT molecular complexity index is 777.